The van der Waals surface area contributed by atoms with Crippen molar-refractivity contribution in [1.29, 1.82) is 0 Å². The molecule has 0 bridgehead atoms. The largest absolute Gasteiger partial charge is 0.462 e. The van der Waals surface area contributed by atoms with Crippen LogP contribution in [0.4, 0.5) is 5.13 Å². The van der Waals surface area contributed by atoms with Gasteiger partial charge in [-0.15, -0.1) is 0 Å². The molecule has 8 heteroatoms. The lowest BCUT2D eigenvalue weighted by Crippen LogP contribution is -2.12. The molecule has 1 amide bonds. The summed E-state index contributed by atoms with van der Waals surface area (Å²) in [6.07, 6.45) is 0. The number of aryl methyl sites for hydroxylation is 1. The van der Waals surface area contributed by atoms with Crippen LogP contribution in [0.5, 0.6) is 0 Å². The number of halogens is 2. The molecule has 1 aromatic heterocycles. The van der Waals surface area contributed by atoms with Gasteiger partial charge in [-0.25, -0.2) is 9.78 Å². The summed E-state index contributed by atoms with van der Waals surface area (Å²) in [5.74, 6) is -0.839. The van der Waals surface area contributed by atoms with Gasteiger partial charge in [-0.1, -0.05) is 38.9 Å². The molecule has 0 atom stereocenters. The number of carbonyl (C=O) groups is 2. The van der Waals surface area contributed by atoms with Crippen molar-refractivity contribution in [1.82, 2.24) is 4.98 Å². The third-order valence-corrected chi connectivity index (χ3v) is 4.53. The molecule has 5 nitrogen and oxygen atoms in total. The average molecular weight is 404 g/mol. The Morgan fingerprint density at radius 2 is 2.18 bits per heavy atom. The van der Waals surface area contributed by atoms with Crippen molar-refractivity contribution in [3.05, 3.63) is 43.8 Å². The number of esters is 1. The van der Waals surface area contributed by atoms with E-state index < -0.39 is 11.9 Å². The van der Waals surface area contributed by atoms with Crippen molar-refractivity contribution in [2.75, 3.05) is 11.9 Å². The molecule has 1 aromatic carbocycles. The minimum Gasteiger partial charge on any atom is -0.462 e. The maximum absolute atomic E-state index is 12.2. The summed E-state index contributed by atoms with van der Waals surface area (Å²) >= 11 is 10.4. The fourth-order valence-corrected chi connectivity index (χ4v) is 3.09. The number of benzene rings is 1. The van der Waals surface area contributed by atoms with Gasteiger partial charge in [0.2, 0.25) is 0 Å². The minimum atomic E-state index is -0.446. The van der Waals surface area contributed by atoms with Gasteiger partial charge in [-0.05, 0) is 32.0 Å². The van der Waals surface area contributed by atoms with Crippen LogP contribution in [0, 0.1) is 6.92 Å². The van der Waals surface area contributed by atoms with Gasteiger partial charge < -0.3 is 4.74 Å². The molecule has 1 N–H and O–H groups in total. The van der Waals surface area contributed by atoms with E-state index >= 15 is 0 Å². The zero-order valence-electron chi connectivity index (χ0n) is 11.8. The number of carbonyl (C=O) groups excluding carboxylic acids is 2. The fourth-order valence-electron chi connectivity index (χ4n) is 1.67. The minimum absolute atomic E-state index is 0.283. The third kappa shape index (κ3) is 3.85. The molecule has 0 aliphatic rings. The van der Waals surface area contributed by atoms with E-state index in [0.717, 1.165) is 15.8 Å². The topological polar surface area (TPSA) is 68.3 Å². The zero-order chi connectivity index (χ0) is 16.3. The summed E-state index contributed by atoms with van der Waals surface area (Å²) in [5, 5.41) is 3.29. The maximum atomic E-state index is 12.2. The molecule has 0 fully saturated rings. The van der Waals surface area contributed by atoms with Crippen molar-refractivity contribution in [2.24, 2.45) is 0 Å². The smallest absolute Gasteiger partial charge is 0.350 e. The number of nitrogens with zero attached hydrogens (tertiary/aromatic N) is 1. The fraction of sp³-hybridized carbons (Fsp3) is 0.214. The highest BCUT2D eigenvalue weighted by atomic mass is 79.9. The molecular weight excluding hydrogens is 392 g/mol. The monoisotopic (exact) mass is 402 g/mol. The third-order valence-electron chi connectivity index (χ3n) is 2.65. The predicted molar refractivity (Wildman–Crippen MR) is 89.9 cm³/mol. The summed E-state index contributed by atoms with van der Waals surface area (Å²) in [6.45, 7) is 3.70. The standard InChI is InChI=1S/C14H12BrClN2O3S/c1-3-21-13(20)11-7(2)17-14(22-11)18-12(19)9-6-8(15)4-5-10(9)16/h4-6H,3H2,1-2H3,(H,17,18,19). The number of nitrogens with one attached hydrogen (secondary N) is 1. The van der Waals surface area contributed by atoms with Gasteiger partial charge in [0.25, 0.3) is 5.91 Å². The van der Waals surface area contributed by atoms with E-state index in [0.29, 0.717) is 26.3 Å². The summed E-state index contributed by atoms with van der Waals surface area (Å²) in [5.41, 5.74) is 0.834. The van der Waals surface area contributed by atoms with Crippen molar-refractivity contribution in [3.63, 3.8) is 0 Å². The van der Waals surface area contributed by atoms with E-state index in [1.807, 2.05) is 0 Å². The Kier molecular flexibility index (Phi) is 5.55. The lowest BCUT2D eigenvalue weighted by atomic mass is 10.2. The Hall–Kier alpha value is -1.44. The molecule has 0 saturated heterocycles. The van der Waals surface area contributed by atoms with Gasteiger partial charge in [0.1, 0.15) is 4.88 Å². The molecule has 0 aliphatic heterocycles. The van der Waals surface area contributed by atoms with Crippen LogP contribution >= 0.6 is 38.9 Å². The summed E-state index contributed by atoms with van der Waals surface area (Å²) < 4.78 is 5.68. The van der Waals surface area contributed by atoms with Gasteiger partial charge in [0.05, 0.1) is 22.9 Å². The van der Waals surface area contributed by atoms with Crippen molar-refractivity contribution < 1.29 is 14.3 Å². The van der Waals surface area contributed by atoms with Gasteiger partial charge in [0, 0.05) is 4.47 Å². The Labute approximate surface area is 144 Å². The Balaban J connectivity index is 2.20. The molecule has 0 spiro atoms. The van der Waals surface area contributed by atoms with E-state index in [-0.39, 0.29) is 6.61 Å². The Morgan fingerprint density at radius 3 is 2.86 bits per heavy atom. The first kappa shape index (κ1) is 16.9. The lowest BCUT2D eigenvalue weighted by molar-refractivity contribution is 0.0531. The number of aromatic nitrogens is 1. The molecule has 0 radical (unpaired) electrons. The highest BCUT2D eigenvalue weighted by Crippen LogP contribution is 2.26. The van der Waals surface area contributed by atoms with Crippen LogP contribution < -0.4 is 5.32 Å². The van der Waals surface area contributed by atoms with Crippen LogP contribution in [0.1, 0.15) is 32.6 Å². The van der Waals surface area contributed by atoms with Crippen LogP contribution in [0.2, 0.25) is 5.02 Å². The normalized spacial score (nSPS) is 10.4. The Morgan fingerprint density at radius 1 is 1.45 bits per heavy atom. The molecule has 116 valence electrons. The first-order valence-corrected chi connectivity index (χ1v) is 8.32. The van der Waals surface area contributed by atoms with Crippen LogP contribution in [0.15, 0.2) is 22.7 Å². The quantitative estimate of drug-likeness (QED) is 0.773. The van der Waals surface area contributed by atoms with E-state index in [9.17, 15) is 9.59 Å². The average Bonchev–Trinajstić information content (AvgIpc) is 2.82. The van der Waals surface area contributed by atoms with E-state index in [1.54, 1.807) is 32.0 Å². The molecular formula is C14H12BrClN2O3S. The highest BCUT2D eigenvalue weighted by Gasteiger charge is 2.19. The highest BCUT2D eigenvalue weighted by molar-refractivity contribution is 9.10. The number of ether oxygens (including phenoxy) is 1. The SMILES string of the molecule is CCOC(=O)c1sc(NC(=O)c2cc(Br)ccc2Cl)nc1C. The molecule has 22 heavy (non-hydrogen) atoms. The molecule has 1 heterocycles. The number of amides is 1. The predicted octanol–water partition coefficient (Wildman–Crippen LogP) is 4.30. The second-order valence-corrected chi connectivity index (χ2v) is 6.55. The second-order valence-electron chi connectivity index (χ2n) is 4.23. The maximum Gasteiger partial charge on any atom is 0.350 e. The van der Waals surface area contributed by atoms with E-state index in [2.05, 4.69) is 26.2 Å². The molecule has 2 aromatic rings. The van der Waals surface area contributed by atoms with Gasteiger partial charge in [0.15, 0.2) is 5.13 Å². The van der Waals surface area contributed by atoms with Crippen LogP contribution in [0.3, 0.4) is 0 Å². The van der Waals surface area contributed by atoms with Crippen LogP contribution in [-0.4, -0.2) is 23.5 Å². The number of anilines is 1. The second kappa shape index (κ2) is 7.21. The number of hydrogen-bond acceptors (Lipinski definition) is 5. The molecule has 0 saturated carbocycles. The van der Waals surface area contributed by atoms with Crippen molar-refractivity contribution >= 4 is 55.9 Å². The van der Waals surface area contributed by atoms with Gasteiger partial charge >= 0.3 is 5.97 Å². The number of hydrogen-bond donors (Lipinski definition) is 1. The summed E-state index contributed by atoms with van der Waals surface area (Å²) in [4.78, 5) is 28.5. The zero-order valence-corrected chi connectivity index (χ0v) is 14.9. The van der Waals surface area contributed by atoms with E-state index in [4.69, 9.17) is 16.3 Å². The first-order chi connectivity index (χ1) is 10.4. The summed E-state index contributed by atoms with van der Waals surface area (Å²) in [6, 6.07) is 4.98. The van der Waals surface area contributed by atoms with Gasteiger partial charge in [-0.2, -0.15) is 0 Å². The van der Waals surface area contributed by atoms with E-state index in [1.165, 1.54) is 0 Å². The molecule has 2 rings (SSSR count). The lowest BCUT2D eigenvalue weighted by Gasteiger charge is -2.04. The number of rotatable bonds is 4. The van der Waals surface area contributed by atoms with Crippen molar-refractivity contribution in [2.45, 2.75) is 13.8 Å². The molecule has 0 aliphatic carbocycles. The van der Waals surface area contributed by atoms with Crippen LogP contribution in [-0.2, 0) is 4.74 Å². The van der Waals surface area contributed by atoms with Crippen molar-refractivity contribution in [3.8, 4) is 0 Å². The Bertz CT molecular complexity index is 733. The number of thiazole rings is 1. The van der Waals surface area contributed by atoms with Crippen LogP contribution in [0.25, 0.3) is 0 Å². The summed E-state index contributed by atoms with van der Waals surface area (Å²) in [7, 11) is 0. The molecule has 0 unspecified atom stereocenters. The van der Waals surface area contributed by atoms with Gasteiger partial charge in [-0.3, -0.25) is 10.1 Å². The first-order valence-electron chi connectivity index (χ1n) is 6.33.